The van der Waals surface area contributed by atoms with Crippen molar-refractivity contribution in [2.24, 2.45) is 5.92 Å². The molecule has 0 bridgehead atoms. The Labute approximate surface area is 278 Å². The normalized spacial score (nSPS) is 16.1. The molecule has 1 aromatic heterocycles. The van der Waals surface area contributed by atoms with Crippen LogP contribution in [-0.4, -0.2) is 67.9 Å². The number of methoxy groups -OCH3 is 1. The molecule has 5 rings (SSSR count). The van der Waals surface area contributed by atoms with Gasteiger partial charge >= 0.3 is 6.09 Å². The van der Waals surface area contributed by atoms with Crippen molar-refractivity contribution in [1.29, 1.82) is 0 Å². The molecule has 1 N–H and O–H groups in total. The number of cyclic esters (lactones) is 1. The maximum Gasteiger partial charge on any atom is 0.415 e. The van der Waals surface area contributed by atoms with E-state index in [9.17, 15) is 27.9 Å². The monoisotopic (exact) mass is 676 g/mol. The summed E-state index contributed by atoms with van der Waals surface area (Å²) in [4.78, 5) is 40.2. The molecule has 1 amide bonds. The Hall–Kier alpha value is -4.36. The number of carbonyl (C=O) groups is 3. The third-order valence-electron chi connectivity index (χ3n) is 8.09. The molecule has 1 fully saturated rings. The molecule has 12 heteroatoms. The average Bonchev–Trinajstić information content (AvgIpc) is 3.74. The van der Waals surface area contributed by atoms with Crippen molar-refractivity contribution >= 4 is 44.7 Å². The van der Waals surface area contributed by atoms with E-state index in [0.29, 0.717) is 17.0 Å². The number of sulfonamides is 1. The highest BCUT2D eigenvalue weighted by atomic mass is 32.2. The SMILES string of the molecule is COc1cccc(S(=O)(=O)N(Cc2cccs2)C[C@@H](O)[C@@H](CC(=O)[C@@H]2CN(c3ccc(C(C)=O)cc3)C(=O)O2)Cc2ccccc2)c1. The number of carbonyl (C=O) groups excluding carboxylic acids is 3. The fourth-order valence-corrected chi connectivity index (χ4v) is 7.73. The van der Waals surface area contributed by atoms with Crippen LogP contribution in [0.4, 0.5) is 10.5 Å². The lowest BCUT2D eigenvalue weighted by atomic mass is 9.88. The third-order valence-corrected chi connectivity index (χ3v) is 10.8. The molecule has 10 nitrogen and oxygen atoms in total. The first-order valence-corrected chi connectivity index (χ1v) is 17.4. The molecule has 0 unspecified atom stereocenters. The van der Waals surface area contributed by atoms with E-state index in [2.05, 4.69) is 0 Å². The number of ketones is 2. The van der Waals surface area contributed by atoms with Crippen LogP contribution in [0.25, 0.3) is 0 Å². The Kier molecular flexibility index (Phi) is 10.9. The van der Waals surface area contributed by atoms with Crippen molar-refractivity contribution in [3.8, 4) is 5.75 Å². The van der Waals surface area contributed by atoms with Gasteiger partial charge in [0.1, 0.15) is 5.75 Å². The van der Waals surface area contributed by atoms with Gasteiger partial charge in [0.05, 0.1) is 24.7 Å². The number of benzene rings is 3. The highest BCUT2D eigenvalue weighted by Gasteiger charge is 2.39. The van der Waals surface area contributed by atoms with Crippen LogP contribution in [0.3, 0.4) is 0 Å². The Morgan fingerprint density at radius 1 is 1.04 bits per heavy atom. The first kappa shape index (κ1) is 34.0. The van der Waals surface area contributed by atoms with Gasteiger partial charge in [-0.25, -0.2) is 13.2 Å². The summed E-state index contributed by atoms with van der Waals surface area (Å²) in [6, 6.07) is 25.6. The van der Waals surface area contributed by atoms with Crippen LogP contribution in [0.5, 0.6) is 5.75 Å². The molecule has 47 heavy (non-hydrogen) atoms. The highest BCUT2D eigenvalue weighted by molar-refractivity contribution is 7.89. The van der Waals surface area contributed by atoms with Crippen LogP contribution in [-0.2, 0) is 32.5 Å². The van der Waals surface area contributed by atoms with Gasteiger partial charge in [-0.05, 0) is 72.7 Å². The summed E-state index contributed by atoms with van der Waals surface area (Å²) < 4.78 is 39.8. The summed E-state index contributed by atoms with van der Waals surface area (Å²) in [5.74, 6) is -0.812. The van der Waals surface area contributed by atoms with E-state index in [1.165, 1.54) is 46.7 Å². The number of nitrogens with zero attached hydrogens (tertiary/aromatic N) is 2. The second-order valence-corrected chi connectivity index (χ2v) is 14.3. The summed E-state index contributed by atoms with van der Waals surface area (Å²) in [5, 5.41) is 13.5. The fraction of sp³-hybridized carbons (Fsp3) is 0.286. The van der Waals surface area contributed by atoms with E-state index >= 15 is 0 Å². The number of rotatable bonds is 15. The lowest BCUT2D eigenvalue weighted by Crippen LogP contribution is -2.42. The van der Waals surface area contributed by atoms with Crippen LogP contribution in [0, 0.1) is 5.92 Å². The summed E-state index contributed by atoms with van der Waals surface area (Å²) in [6.07, 6.45) is -2.88. The number of Topliss-reactive ketones (excluding diaryl/α,β-unsaturated/α-hetero) is 2. The van der Waals surface area contributed by atoms with Gasteiger partial charge < -0.3 is 14.6 Å². The number of ether oxygens (including phenoxy) is 2. The molecular formula is C35H36N2O8S2. The van der Waals surface area contributed by atoms with Crippen LogP contribution in [0.15, 0.2) is 101 Å². The van der Waals surface area contributed by atoms with Gasteiger partial charge in [0.25, 0.3) is 0 Å². The topological polar surface area (TPSA) is 131 Å². The van der Waals surface area contributed by atoms with Gasteiger partial charge in [0.2, 0.25) is 10.0 Å². The largest absolute Gasteiger partial charge is 0.497 e. The van der Waals surface area contributed by atoms with Gasteiger partial charge in [-0.1, -0.05) is 42.5 Å². The second kappa shape index (κ2) is 15.0. The van der Waals surface area contributed by atoms with E-state index in [0.717, 1.165) is 10.4 Å². The predicted octanol–water partition coefficient (Wildman–Crippen LogP) is 5.35. The van der Waals surface area contributed by atoms with Crippen molar-refractivity contribution in [3.05, 3.63) is 112 Å². The van der Waals surface area contributed by atoms with Gasteiger partial charge in [-0.15, -0.1) is 11.3 Å². The maximum absolute atomic E-state index is 14.0. The quantitative estimate of drug-likeness (QED) is 0.167. The molecule has 1 aliphatic heterocycles. The second-order valence-electron chi connectivity index (χ2n) is 11.3. The van der Waals surface area contributed by atoms with Gasteiger partial charge in [-0.2, -0.15) is 4.31 Å². The Morgan fingerprint density at radius 3 is 2.45 bits per heavy atom. The molecule has 3 aromatic carbocycles. The summed E-state index contributed by atoms with van der Waals surface area (Å²) in [7, 11) is -2.64. The van der Waals surface area contributed by atoms with E-state index < -0.39 is 34.2 Å². The Bertz CT molecular complexity index is 1790. The maximum atomic E-state index is 14.0. The molecule has 2 heterocycles. The summed E-state index contributed by atoms with van der Waals surface area (Å²) in [5.41, 5.74) is 1.84. The third kappa shape index (κ3) is 8.33. The zero-order valence-electron chi connectivity index (χ0n) is 26.0. The minimum absolute atomic E-state index is 0.0191. The summed E-state index contributed by atoms with van der Waals surface area (Å²) >= 11 is 1.40. The molecule has 4 aromatic rings. The zero-order valence-corrected chi connectivity index (χ0v) is 27.7. The Morgan fingerprint density at radius 2 is 1.79 bits per heavy atom. The molecular weight excluding hydrogens is 641 g/mol. The molecule has 246 valence electrons. The number of aliphatic hydroxyl groups is 1. The lowest BCUT2D eigenvalue weighted by Gasteiger charge is -2.29. The van der Waals surface area contributed by atoms with Gasteiger partial charge in [0, 0.05) is 41.7 Å². The number of aliphatic hydroxyl groups excluding tert-OH is 1. The lowest BCUT2D eigenvalue weighted by molar-refractivity contribution is -0.127. The molecule has 0 spiro atoms. The number of anilines is 1. The average molecular weight is 677 g/mol. The van der Waals surface area contributed by atoms with Crippen molar-refractivity contribution in [2.45, 2.75) is 43.4 Å². The standard InChI is InChI=1S/C35H36N2O8S2/c1-24(38)26-13-15-28(16-14-26)37-23-34(45-35(37)41)32(39)19-27(18-25-8-4-3-5-9-25)33(40)22-36(21-30-11-7-17-46-30)47(42,43)31-12-6-10-29(20-31)44-2/h3-17,20,27,33-34,40H,18-19,21-23H2,1-2H3/t27-,33-,34+/m1/s1. The van der Waals surface area contributed by atoms with E-state index in [1.807, 2.05) is 47.8 Å². The first-order valence-electron chi connectivity index (χ1n) is 15.1. The van der Waals surface area contributed by atoms with Crippen molar-refractivity contribution in [3.63, 3.8) is 0 Å². The van der Waals surface area contributed by atoms with Crippen LogP contribution in [0.2, 0.25) is 0 Å². The number of hydrogen-bond donors (Lipinski definition) is 1. The minimum atomic E-state index is -4.09. The predicted molar refractivity (Wildman–Crippen MR) is 178 cm³/mol. The molecule has 0 radical (unpaired) electrons. The Balaban J connectivity index is 1.37. The van der Waals surface area contributed by atoms with E-state index in [-0.39, 0.29) is 48.9 Å². The molecule has 1 aliphatic rings. The van der Waals surface area contributed by atoms with Crippen molar-refractivity contribution in [1.82, 2.24) is 4.31 Å². The summed E-state index contributed by atoms with van der Waals surface area (Å²) in [6.45, 7) is 1.17. The number of amides is 1. The van der Waals surface area contributed by atoms with E-state index in [1.54, 1.807) is 36.4 Å². The smallest absolute Gasteiger partial charge is 0.415 e. The van der Waals surface area contributed by atoms with Gasteiger partial charge in [0.15, 0.2) is 17.7 Å². The van der Waals surface area contributed by atoms with Gasteiger partial charge in [-0.3, -0.25) is 14.5 Å². The van der Waals surface area contributed by atoms with Crippen LogP contribution in [0.1, 0.15) is 34.1 Å². The first-order chi connectivity index (χ1) is 22.5. The molecule has 1 saturated heterocycles. The van der Waals surface area contributed by atoms with Crippen molar-refractivity contribution in [2.75, 3.05) is 25.1 Å². The number of hydrogen-bond acceptors (Lipinski definition) is 9. The highest BCUT2D eigenvalue weighted by Crippen LogP contribution is 2.28. The van der Waals surface area contributed by atoms with Crippen molar-refractivity contribution < 1.29 is 37.4 Å². The molecule has 0 aliphatic carbocycles. The molecule has 3 atom stereocenters. The molecule has 0 saturated carbocycles. The fourth-order valence-electron chi connectivity index (χ4n) is 5.46. The zero-order chi connectivity index (χ0) is 33.6. The van der Waals surface area contributed by atoms with E-state index in [4.69, 9.17) is 9.47 Å². The number of thiophene rings is 1. The van der Waals surface area contributed by atoms with Crippen LogP contribution < -0.4 is 9.64 Å². The minimum Gasteiger partial charge on any atom is -0.497 e. The van der Waals surface area contributed by atoms with Crippen LogP contribution >= 0.6 is 11.3 Å².